The third-order valence-corrected chi connectivity index (χ3v) is 4.06. The van der Waals surface area contributed by atoms with Gasteiger partial charge in [0.05, 0.1) is 17.9 Å². The molecule has 2 aromatic heterocycles. The Labute approximate surface area is 116 Å². The zero-order valence-corrected chi connectivity index (χ0v) is 11.3. The normalized spacial score (nSPS) is 18.5. The van der Waals surface area contributed by atoms with Crippen LogP contribution in [0.25, 0.3) is 0 Å². The topological polar surface area (TPSA) is 45.2 Å². The van der Waals surface area contributed by atoms with Gasteiger partial charge < -0.3 is 10.2 Å². The lowest BCUT2D eigenvalue weighted by Crippen LogP contribution is -2.34. The molecule has 4 nitrogen and oxygen atoms in total. The van der Waals surface area contributed by atoms with Gasteiger partial charge in [-0.3, -0.25) is 4.98 Å². The fraction of sp³-hybridized carbons (Fsp3) is 0.286. The van der Waals surface area contributed by atoms with E-state index in [9.17, 15) is 4.79 Å². The molecule has 0 bridgehead atoms. The first-order valence-electron chi connectivity index (χ1n) is 6.34. The Bertz CT molecular complexity index is 541. The summed E-state index contributed by atoms with van der Waals surface area (Å²) in [7, 11) is 0. The third kappa shape index (κ3) is 2.61. The zero-order chi connectivity index (χ0) is 13.1. The number of nitrogens with zero attached hydrogens (tertiary/aromatic N) is 2. The van der Waals surface area contributed by atoms with E-state index in [4.69, 9.17) is 0 Å². The Hall–Kier alpha value is -1.88. The van der Waals surface area contributed by atoms with Crippen LogP contribution in [0.1, 0.15) is 24.4 Å². The summed E-state index contributed by atoms with van der Waals surface area (Å²) in [6, 6.07) is 5.94. The fourth-order valence-corrected chi connectivity index (χ4v) is 3.16. The second kappa shape index (κ2) is 5.40. The molecular formula is C14H15N3OS. The molecule has 0 aliphatic carbocycles. The molecule has 2 aromatic rings. The van der Waals surface area contributed by atoms with Gasteiger partial charge in [-0.05, 0) is 47.4 Å². The number of anilines is 1. The summed E-state index contributed by atoms with van der Waals surface area (Å²) in [4.78, 5) is 18.2. The highest BCUT2D eigenvalue weighted by Crippen LogP contribution is 2.33. The predicted octanol–water partition coefficient (Wildman–Crippen LogP) is 3.51. The van der Waals surface area contributed by atoms with Crippen molar-refractivity contribution in [3.63, 3.8) is 0 Å². The molecule has 0 radical (unpaired) electrons. The number of nitrogens with one attached hydrogen (secondary N) is 1. The van der Waals surface area contributed by atoms with Crippen molar-refractivity contribution in [3.05, 3.63) is 46.9 Å². The van der Waals surface area contributed by atoms with E-state index in [2.05, 4.69) is 27.1 Å². The number of carbonyl (C=O) groups excluding carboxylic acids is 1. The van der Waals surface area contributed by atoms with Crippen LogP contribution >= 0.6 is 11.3 Å². The number of likely N-dealkylation sites (tertiary alicyclic amines) is 1. The van der Waals surface area contributed by atoms with Crippen LogP contribution in [0, 0.1) is 0 Å². The van der Waals surface area contributed by atoms with E-state index in [0.29, 0.717) is 0 Å². The largest absolute Gasteiger partial charge is 0.322 e. The van der Waals surface area contributed by atoms with Gasteiger partial charge in [-0.1, -0.05) is 0 Å². The van der Waals surface area contributed by atoms with Crippen molar-refractivity contribution in [2.24, 2.45) is 0 Å². The van der Waals surface area contributed by atoms with Crippen molar-refractivity contribution < 1.29 is 4.79 Å². The fourth-order valence-electron chi connectivity index (χ4n) is 2.45. The SMILES string of the molecule is O=C(Nc1cccnc1)N1CCC[C@@H]1c1ccsc1. The van der Waals surface area contributed by atoms with Gasteiger partial charge in [-0.2, -0.15) is 11.3 Å². The summed E-state index contributed by atoms with van der Waals surface area (Å²) < 4.78 is 0. The van der Waals surface area contributed by atoms with E-state index in [0.717, 1.165) is 25.1 Å². The van der Waals surface area contributed by atoms with Crippen molar-refractivity contribution >= 4 is 23.1 Å². The van der Waals surface area contributed by atoms with Crippen molar-refractivity contribution in [2.75, 3.05) is 11.9 Å². The zero-order valence-electron chi connectivity index (χ0n) is 10.5. The minimum atomic E-state index is -0.0401. The van der Waals surface area contributed by atoms with Gasteiger partial charge in [-0.15, -0.1) is 0 Å². The Morgan fingerprint density at radius 1 is 1.47 bits per heavy atom. The van der Waals surface area contributed by atoms with E-state index in [-0.39, 0.29) is 12.1 Å². The smallest absolute Gasteiger partial charge is 0.317 e. The molecule has 1 N–H and O–H groups in total. The molecule has 3 rings (SSSR count). The Balaban J connectivity index is 1.72. The van der Waals surface area contributed by atoms with E-state index in [1.54, 1.807) is 23.7 Å². The number of hydrogen-bond acceptors (Lipinski definition) is 3. The minimum Gasteiger partial charge on any atom is -0.317 e. The molecule has 19 heavy (non-hydrogen) atoms. The second-order valence-corrected chi connectivity index (χ2v) is 5.36. The lowest BCUT2D eigenvalue weighted by Gasteiger charge is -2.24. The van der Waals surface area contributed by atoms with Crippen LogP contribution in [0.4, 0.5) is 10.5 Å². The summed E-state index contributed by atoms with van der Waals surface area (Å²) >= 11 is 1.68. The first-order chi connectivity index (χ1) is 9.34. The number of hydrogen-bond donors (Lipinski definition) is 1. The third-order valence-electron chi connectivity index (χ3n) is 3.35. The van der Waals surface area contributed by atoms with Crippen LogP contribution in [0.5, 0.6) is 0 Å². The number of carbonyl (C=O) groups is 1. The first-order valence-corrected chi connectivity index (χ1v) is 7.28. The maximum atomic E-state index is 12.3. The summed E-state index contributed by atoms with van der Waals surface area (Å²) in [6.07, 6.45) is 5.45. The molecule has 0 aromatic carbocycles. The lowest BCUT2D eigenvalue weighted by molar-refractivity contribution is 0.207. The molecule has 1 aliphatic rings. The molecule has 0 unspecified atom stereocenters. The van der Waals surface area contributed by atoms with E-state index >= 15 is 0 Å². The highest BCUT2D eigenvalue weighted by Gasteiger charge is 2.30. The number of thiophene rings is 1. The monoisotopic (exact) mass is 273 g/mol. The minimum absolute atomic E-state index is 0.0401. The molecular weight excluding hydrogens is 258 g/mol. The summed E-state index contributed by atoms with van der Waals surface area (Å²) in [5.41, 5.74) is 1.98. The van der Waals surface area contributed by atoms with Gasteiger partial charge in [0, 0.05) is 12.7 Å². The van der Waals surface area contributed by atoms with Gasteiger partial charge in [0.1, 0.15) is 0 Å². The summed E-state index contributed by atoms with van der Waals surface area (Å²) in [5.74, 6) is 0. The molecule has 2 amide bonds. The molecule has 98 valence electrons. The van der Waals surface area contributed by atoms with Crippen molar-refractivity contribution in [1.29, 1.82) is 0 Å². The van der Waals surface area contributed by atoms with Crippen molar-refractivity contribution in [3.8, 4) is 0 Å². The molecule has 1 saturated heterocycles. The van der Waals surface area contributed by atoms with Gasteiger partial charge in [0.25, 0.3) is 0 Å². The average Bonchev–Trinajstić information content (AvgIpc) is 3.10. The predicted molar refractivity (Wildman–Crippen MR) is 76.3 cm³/mol. The number of aromatic nitrogens is 1. The van der Waals surface area contributed by atoms with Crippen molar-refractivity contribution in [1.82, 2.24) is 9.88 Å². The number of amides is 2. The van der Waals surface area contributed by atoms with Gasteiger partial charge >= 0.3 is 6.03 Å². The maximum Gasteiger partial charge on any atom is 0.322 e. The standard InChI is InChI=1S/C14H15N3OS/c18-14(16-12-3-1-6-15-9-12)17-7-2-4-13(17)11-5-8-19-10-11/h1,3,5-6,8-10,13H,2,4,7H2,(H,16,18)/t13-/m1/s1. The Morgan fingerprint density at radius 3 is 3.16 bits per heavy atom. The number of urea groups is 1. The van der Waals surface area contributed by atoms with Crippen LogP contribution in [0.15, 0.2) is 41.4 Å². The number of pyridine rings is 1. The van der Waals surface area contributed by atoms with Crippen LogP contribution in [-0.4, -0.2) is 22.5 Å². The molecule has 1 aliphatic heterocycles. The quantitative estimate of drug-likeness (QED) is 0.910. The molecule has 3 heterocycles. The Morgan fingerprint density at radius 2 is 2.42 bits per heavy atom. The van der Waals surface area contributed by atoms with E-state index in [1.807, 2.05) is 17.0 Å². The number of rotatable bonds is 2. The Kier molecular flexibility index (Phi) is 3.46. The van der Waals surface area contributed by atoms with Crippen LogP contribution in [-0.2, 0) is 0 Å². The van der Waals surface area contributed by atoms with Crippen LogP contribution in [0.3, 0.4) is 0 Å². The van der Waals surface area contributed by atoms with E-state index < -0.39 is 0 Å². The molecule has 1 atom stereocenters. The van der Waals surface area contributed by atoms with Gasteiger partial charge in [0.2, 0.25) is 0 Å². The molecule has 1 fully saturated rings. The highest BCUT2D eigenvalue weighted by atomic mass is 32.1. The second-order valence-electron chi connectivity index (χ2n) is 4.58. The van der Waals surface area contributed by atoms with Crippen LogP contribution in [0.2, 0.25) is 0 Å². The maximum absolute atomic E-state index is 12.3. The summed E-state index contributed by atoms with van der Waals surface area (Å²) in [6.45, 7) is 0.812. The van der Waals surface area contributed by atoms with Crippen LogP contribution < -0.4 is 5.32 Å². The lowest BCUT2D eigenvalue weighted by atomic mass is 10.1. The average molecular weight is 273 g/mol. The van der Waals surface area contributed by atoms with E-state index in [1.165, 1.54) is 5.56 Å². The molecule has 5 heteroatoms. The van der Waals surface area contributed by atoms with Crippen molar-refractivity contribution in [2.45, 2.75) is 18.9 Å². The first kappa shape index (κ1) is 12.2. The highest BCUT2D eigenvalue weighted by molar-refractivity contribution is 7.07. The van der Waals surface area contributed by atoms with Gasteiger partial charge in [0.15, 0.2) is 0 Å². The molecule has 0 saturated carbocycles. The molecule has 0 spiro atoms. The van der Waals surface area contributed by atoms with Gasteiger partial charge in [-0.25, -0.2) is 4.79 Å². The summed E-state index contributed by atoms with van der Waals surface area (Å²) in [5, 5.41) is 7.09.